The summed E-state index contributed by atoms with van der Waals surface area (Å²) in [5.41, 5.74) is -0.291. The highest BCUT2D eigenvalue weighted by Gasteiger charge is 2.37. The minimum absolute atomic E-state index is 0.00711. The Morgan fingerprint density at radius 2 is 1.97 bits per heavy atom. The summed E-state index contributed by atoms with van der Waals surface area (Å²) >= 11 is 0. The van der Waals surface area contributed by atoms with E-state index in [1.807, 2.05) is 0 Å². The summed E-state index contributed by atoms with van der Waals surface area (Å²) in [5.74, 6) is -1.89. The number of carbonyl (C=O) groups excluding carboxylic acids is 2. The minimum atomic E-state index is -0.955. The van der Waals surface area contributed by atoms with Crippen molar-refractivity contribution in [2.75, 3.05) is 33.9 Å². The molecule has 3 atom stereocenters. The third-order valence-corrected chi connectivity index (χ3v) is 5.01. The van der Waals surface area contributed by atoms with E-state index in [0.29, 0.717) is 0 Å². The number of hydrogen-bond acceptors (Lipinski definition) is 11. The van der Waals surface area contributed by atoms with Crippen molar-refractivity contribution in [1.29, 1.82) is 0 Å². The first kappa shape index (κ1) is 25.3. The normalized spacial score (nSPS) is 20.4. The van der Waals surface area contributed by atoms with Crippen LogP contribution < -0.4 is 5.56 Å². The van der Waals surface area contributed by atoms with E-state index in [-0.39, 0.29) is 42.3 Å². The first-order valence-corrected chi connectivity index (χ1v) is 10.5. The smallest absolute Gasteiger partial charge is 0.302 e. The molecule has 3 heterocycles. The molecular weight excluding hydrogens is 452 g/mol. The van der Waals surface area contributed by atoms with Crippen LogP contribution in [0.3, 0.4) is 0 Å². The van der Waals surface area contributed by atoms with Crippen LogP contribution in [0.15, 0.2) is 9.79 Å². The molecule has 2 aromatic rings. The molecule has 1 fully saturated rings. The van der Waals surface area contributed by atoms with Gasteiger partial charge in [0.1, 0.15) is 24.7 Å². The molecule has 0 spiro atoms. The zero-order chi connectivity index (χ0) is 25.0. The van der Waals surface area contributed by atoms with E-state index in [0.717, 1.165) is 0 Å². The van der Waals surface area contributed by atoms with Gasteiger partial charge in [-0.2, -0.15) is 10.1 Å². The molecule has 0 amide bonds. The Hall–Kier alpha value is -3.36. The van der Waals surface area contributed by atoms with Crippen LogP contribution in [-0.4, -0.2) is 99.3 Å². The number of aliphatic hydroxyl groups excluding tert-OH is 2. The second-order valence-corrected chi connectivity index (χ2v) is 8.04. The van der Waals surface area contributed by atoms with E-state index in [4.69, 9.17) is 14.2 Å². The van der Waals surface area contributed by atoms with Gasteiger partial charge in [-0.05, 0) is 0 Å². The van der Waals surface area contributed by atoms with Gasteiger partial charge in [0.2, 0.25) is 5.95 Å². The van der Waals surface area contributed by atoms with E-state index in [1.165, 1.54) is 24.9 Å². The van der Waals surface area contributed by atoms with Gasteiger partial charge in [0.05, 0.1) is 30.7 Å². The van der Waals surface area contributed by atoms with Crippen LogP contribution in [0.25, 0.3) is 11.0 Å². The van der Waals surface area contributed by atoms with Gasteiger partial charge in [-0.3, -0.25) is 19.4 Å². The lowest BCUT2D eigenvalue weighted by molar-refractivity contribution is -0.144. The van der Waals surface area contributed by atoms with Crippen LogP contribution in [0.4, 0.5) is 5.95 Å². The highest BCUT2D eigenvalue weighted by Crippen LogP contribution is 2.33. The maximum absolute atomic E-state index is 13.1. The van der Waals surface area contributed by atoms with E-state index in [9.17, 15) is 24.6 Å². The number of rotatable bonds is 9. The molecule has 0 aliphatic carbocycles. The fourth-order valence-corrected chi connectivity index (χ4v) is 3.45. The number of aliphatic hydroxyl groups is 2. The topological polar surface area (TPSA) is 181 Å². The van der Waals surface area contributed by atoms with Crippen LogP contribution in [0.5, 0.6) is 0 Å². The van der Waals surface area contributed by atoms with Gasteiger partial charge < -0.3 is 29.3 Å². The molecule has 0 saturated carbocycles. The lowest BCUT2D eigenvalue weighted by atomic mass is 10.1. The third kappa shape index (κ3) is 5.76. The van der Waals surface area contributed by atoms with Crippen LogP contribution >= 0.6 is 0 Å². The number of nitrogens with one attached hydrogen (secondary N) is 1. The molecule has 3 rings (SSSR count). The van der Waals surface area contributed by atoms with Gasteiger partial charge in [-0.25, -0.2) is 9.67 Å². The van der Waals surface area contributed by atoms with E-state index in [2.05, 4.69) is 20.1 Å². The summed E-state index contributed by atoms with van der Waals surface area (Å²) in [5, 5.41) is 24.2. The molecule has 0 aromatic carbocycles. The van der Waals surface area contributed by atoms with Crippen molar-refractivity contribution < 1.29 is 34.0 Å². The minimum Gasteiger partial charge on any atom is -0.465 e. The Bertz CT molecular complexity index is 1110. The molecular formula is C20H28N6O8. The number of carbonyl (C=O) groups is 2. The van der Waals surface area contributed by atoms with Crippen molar-refractivity contribution in [2.45, 2.75) is 44.6 Å². The number of aliphatic imine (C=N–C) groups is 1. The average Bonchev–Trinajstić information content (AvgIpc) is 3.32. The predicted molar refractivity (Wildman–Crippen MR) is 118 cm³/mol. The number of H-pyrrole nitrogens is 1. The van der Waals surface area contributed by atoms with Crippen LogP contribution in [0, 0.1) is 0 Å². The standard InChI is InChI=1S/C20H28N6O8/c1-10(28)32-7-12(8-33-11(2)29)17-16-18(22-20(23-19(16)31)21-9-25(3)4)26(24-17)15-5-13(30)14(6-27)34-15/h9,12-15,27,30H,5-8H2,1-4H3,(H,22,23,31)/t13?,14-,15-/m1/s1. The summed E-state index contributed by atoms with van der Waals surface area (Å²) in [7, 11) is 3.50. The number of fused-ring (bicyclic) bond motifs is 1. The maximum Gasteiger partial charge on any atom is 0.302 e. The summed E-state index contributed by atoms with van der Waals surface area (Å²) in [6.45, 7) is 1.64. The van der Waals surface area contributed by atoms with Gasteiger partial charge in [-0.1, -0.05) is 0 Å². The second kappa shape index (κ2) is 10.7. The van der Waals surface area contributed by atoms with Crippen molar-refractivity contribution in [3.05, 3.63) is 16.0 Å². The Balaban J connectivity index is 2.15. The largest absolute Gasteiger partial charge is 0.465 e. The fourth-order valence-electron chi connectivity index (χ4n) is 3.45. The third-order valence-electron chi connectivity index (χ3n) is 5.01. The van der Waals surface area contributed by atoms with E-state index in [1.54, 1.807) is 19.0 Å². The first-order chi connectivity index (χ1) is 16.1. The zero-order valence-electron chi connectivity index (χ0n) is 19.3. The van der Waals surface area contributed by atoms with Gasteiger partial charge in [0.15, 0.2) is 11.9 Å². The molecule has 34 heavy (non-hydrogen) atoms. The number of aromatic nitrogens is 4. The van der Waals surface area contributed by atoms with E-state index < -0.39 is 48.5 Å². The molecule has 1 aliphatic heterocycles. The lowest BCUT2D eigenvalue weighted by Gasteiger charge is -2.15. The molecule has 3 N–H and O–H groups in total. The Morgan fingerprint density at radius 3 is 2.50 bits per heavy atom. The molecule has 1 saturated heterocycles. The summed E-state index contributed by atoms with van der Waals surface area (Å²) < 4.78 is 17.3. The highest BCUT2D eigenvalue weighted by atomic mass is 16.6. The molecule has 14 nitrogen and oxygen atoms in total. The molecule has 14 heteroatoms. The number of esters is 2. The lowest BCUT2D eigenvalue weighted by Crippen LogP contribution is -2.24. The molecule has 1 aliphatic rings. The Kier molecular flexibility index (Phi) is 7.96. The Morgan fingerprint density at radius 1 is 1.32 bits per heavy atom. The van der Waals surface area contributed by atoms with Crippen molar-refractivity contribution in [1.82, 2.24) is 24.6 Å². The van der Waals surface area contributed by atoms with Crippen molar-refractivity contribution in [3.63, 3.8) is 0 Å². The quantitative estimate of drug-likeness (QED) is 0.232. The van der Waals surface area contributed by atoms with Crippen molar-refractivity contribution >= 4 is 35.3 Å². The maximum atomic E-state index is 13.1. The summed E-state index contributed by atoms with van der Waals surface area (Å²) in [6, 6.07) is 0. The summed E-state index contributed by atoms with van der Waals surface area (Å²) in [4.78, 5) is 48.7. The molecule has 1 unspecified atom stereocenters. The second-order valence-electron chi connectivity index (χ2n) is 8.04. The average molecular weight is 480 g/mol. The number of nitrogens with zero attached hydrogens (tertiary/aromatic N) is 5. The van der Waals surface area contributed by atoms with Gasteiger partial charge >= 0.3 is 11.9 Å². The summed E-state index contributed by atoms with van der Waals surface area (Å²) in [6.07, 6.45) is -1.09. The molecule has 2 aromatic heterocycles. The SMILES string of the molecule is CC(=O)OCC(COC(C)=O)c1nn([C@H]2CC(O)[C@@H](CO)O2)c2nc(N=CN(C)C)[nH]c(=O)c12. The van der Waals surface area contributed by atoms with Gasteiger partial charge in [-0.15, -0.1) is 0 Å². The first-order valence-electron chi connectivity index (χ1n) is 10.5. The highest BCUT2D eigenvalue weighted by molar-refractivity contribution is 5.79. The van der Waals surface area contributed by atoms with Crippen LogP contribution in [0.1, 0.15) is 38.1 Å². The van der Waals surface area contributed by atoms with Crippen LogP contribution in [-0.2, 0) is 23.8 Å². The van der Waals surface area contributed by atoms with Gasteiger partial charge in [0.25, 0.3) is 5.56 Å². The molecule has 186 valence electrons. The van der Waals surface area contributed by atoms with E-state index >= 15 is 0 Å². The number of hydrogen-bond donors (Lipinski definition) is 3. The monoisotopic (exact) mass is 480 g/mol. The number of aromatic amines is 1. The Labute approximate surface area is 194 Å². The predicted octanol–water partition coefficient (Wildman–Crippen LogP) is -0.808. The fraction of sp³-hybridized carbons (Fsp3) is 0.600. The zero-order valence-corrected chi connectivity index (χ0v) is 19.3. The van der Waals surface area contributed by atoms with Crippen LogP contribution in [0.2, 0.25) is 0 Å². The molecule has 0 bridgehead atoms. The van der Waals surface area contributed by atoms with Crippen molar-refractivity contribution in [2.24, 2.45) is 4.99 Å². The van der Waals surface area contributed by atoms with Gasteiger partial charge in [0, 0.05) is 34.4 Å². The van der Waals surface area contributed by atoms with Crippen molar-refractivity contribution in [3.8, 4) is 0 Å². The molecule has 0 radical (unpaired) electrons. The number of ether oxygens (including phenoxy) is 3.